The van der Waals surface area contributed by atoms with Gasteiger partial charge in [-0.25, -0.2) is 4.98 Å². The van der Waals surface area contributed by atoms with Crippen molar-refractivity contribution in [2.24, 2.45) is 0 Å². The molecule has 0 aliphatic rings. The van der Waals surface area contributed by atoms with Crippen LogP contribution in [0.1, 0.15) is 23.0 Å². The SMILES string of the molecule is [B]C(C)C(=O)c1ccc(OC)nc1C. The van der Waals surface area contributed by atoms with Gasteiger partial charge in [0.2, 0.25) is 5.88 Å². The second-order valence-corrected chi connectivity index (χ2v) is 3.14. The molecule has 0 aliphatic heterocycles. The quantitative estimate of drug-likeness (QED) is 0.534. The lowest BCUT2D eigenvalue weighted by molar-refractivity contribution is 0.0988. The summed E-state index contributed by atoms with van der Waals surface area (Å²) < 4.78 is 4.94. The van der Waals surface area contributed by atoms with Gasteiger partial charge in [-0.15, -0.1) is 0 Å². The normalized spacial score (nSPS) is 12.2. The number of rotatable bonds is 3. The van der Waals surface area contributed by atoms with Gasteiger partial charge in [0.05, 0.1) is 20.7 Å². The van der Waals surface area contributed by atoms with Gasteiger partial charge in [-0.3, -0.25) is 4.79 Å². The van der Waals surface area contributed by atoms with Gasteiger partial charge in [0, 0.05) is 11.6 Å². The summed E-state index contributed by atoms with van der Waals surface area (Å²) in [7, 11) is 7.04. The molecule has 3 nitrogen and oxygen atoms in total. The van der Waals surface area contributed by atoms with Gasteiger partial charge < -0.3 is 4.74 Å². The molecule has 1 heterocycles. The van der Waals surface area contributed by atoms with Crippen molar-refractivity contribution in [2.75, 3.05) is 7.11 Å². The number of ether oxygens (including phenoxy) is 1. The van der Waals surface area contributed by atoms with Crippen LogP contribution in [0.5, 0.6) is 5.88 Å². The third kappa shape index (κ3) is 2.13. The molecular formula is C10H12BNO2. The molecule has 1 aromatic heterocycles. The first-order chi connectivity index (χ1) is 6.56. The first kappa shape index (κ1) is 10.8. The summed E-state index contributed by atoms with van der Waals surface area (Å²) in [5.41, 5.74) is 1.20. The molecule has 0 spiro atoms. The maximum atomic E-state index is 11.6. The van der Waals surface area contributed by atoms with Crippen LogP contribution >= 0.6 is 0 Å². The Bertz CT molecular complexity index is 350. The molecule has 0 saturated heterocycles. The van der Waals surface area contributed by atoms with Crippen LogP contribution in [0.2, 0.25) is 5.82 Å². The average Bonchev–Trinajstić information content (AvgIpc) is 2.16. The molecule has 0 amide bonds. The Hall–Kier alpha value is -1.32. The molecule has 1 rings (SSSR count). The van der Waals surface area contributed by atoms with E-state index in [1.54, 1.807) is 26.0 Å². The van der Waals surface area contributed by atoms with E-state index in [-0.39, 0.29) is 5.78 Å². The van der Waals surface area contributed by atoms with Gasteiger partial charge in [0.25, 0.3) is 0 Å². The van der Waals surface area contributed by atoms with Gasteiger partial charge in [0.1, 0.15) is 0 Å². The number of aryl methyl sites for hydroxylation is 1. The first-order valence-electron chi connectivity index (χ1n) is 4.37. The van der Waals surface area contributed by atoms with Crippen LogP contribution in [0, 0.1) is 6.92 Å². The fraction of sp³-hybridized carbons (Fsp3) is 0.400. The number of pyridine rings is 1. The summed E-state index contributed by atoms with van der Waals surface area (Å²) in [6, 6.07) is 3.34. The van der Waals surface area contributed by atoms with E-state index in [1.165, 1.54) is 7.11 Å². The number of carbonyl (C=O) groups excluding carboxylic acids is 1. The molecule has 14 heavy (non-hydrogen) atoms. The van der Waals surface area contributed by atoms with Gasteiger partial charge >= 0.3 is 0 Å². The number of Topliss-reactive ketones (excluding diaryl/α,β-unsaturated/α-hetero) is 1. The summed E-state index contributed by atoms with van der Waals surface area (Å²) in [4.78, 5) is 15.7. The number of hydrogen-bond donors (Lipinski definition) is 0. The lowest BCUT2D eigenvalue weighted by Crippen LogP contribution is -2.08. The van der Waals surface area contributed by atoms with Crippen molar-refractivity contribution in [3.63, 3.8) is 0 Å². The zero-order valence-electron chi connectivity index (χ0n) is 8.57. The molecular weight excluding hydrogens is 177 g/mol. The minimum absolute atomic E-state index is 0.0994. The van der Waals surface area contributed by atoms with Crippen LogP contribution in [0.25, 0.3) is 0 Å². The topological polar surface area (TPSA) is 39.2 Å². The van der Waals surface area contributed by atoms with E-state index in [2.05, 4.69) is 4.98 Å². The Morgan fingerprint density at radius 3 is 2.64 bits per heavy atom. The fourth-order valence-electron chi connectivity index (χ4n) is 1.16. The molecule has 0 saturated carbocycles. The van der Waals surface area contributed by atoms with Crippen molar-refractivity contribution >= 4 is 13.6 Å². The van der Waals surface area contributed by atoms with Crippen LogP contribution in [0.3, 0.4) is 0 Å². The van der Waals surface area contributed by atoms with Crippen LogP contribution in [-0.4, -0.2) is 25.7 Å². The van der Waals surface area contributed by atoms with Gasteiger partial charge in [-0.1, -0.05) is 6.92 Å². The van der Waals surface area contributed by atoms with Crippen molar-refractivity contribution in [2.45, 2.75) is 19.7 Å². The zero-order valence-corrected chi connectivity index (χ0v) is 8.57. The summed E-state index contributed by atoms with van der Waals surface area (Å²) in [6.07, 6.45) is 0. The van der Waals surface area contributed by atoms with E-state index in [0.717, 1.165) is 0 Å². The Labute approximate surface area is 84.9 Å². The predicted molar refractivity (Wildman–Crippen MR) is 55.0 cm³/mol. The lowest BCUT2D eigenvalue weighted by atomic mass is 9.82. The van der Waals surface area contributed by atoms with Gasteiger partial charge in [0.15, 0.2) is 5.78 Å². The summed E-state index contributed by atoms with van der Waals surface area (Å²) in [5.74, 6) is -0.0923. The van der Waals surface area contributed by atoms with Crippen molar-refractivity contribution < 1.29 is 9.53 Å². The standard InChI is InChI=1S/C10H12BNO2/c1-6(11)10(13)8-4-5-9(14-3)12-7(8)2/h4-6H,1-3H3. The number of nitrogens with zero attached hydrogens (tertiary/aromatic N) is 1. The maximum absolute atomic E-state index is 11.6. The van der Waals surface area contributed by atoms with Crippen molar-refractivity contribution in [3.8, 4) is 5.88 Å². The van der Waals surface area contributed by atoms with Crippen molar-refractivity contribution in [1.29, 1.82) is 0 Å². The minimum Gasteiger partial charge on any atom is -0.481 e. The smallest absolute Gasteiger partial charge is 0.213 e. The third-order valence-corrected chi connectivity index (χ3v) is 1.95. The van der Waals surface area contributed by atoms with Crippen LogP contribution in [0.4, 0.5) is 0 Å². The molecule has 0 fully saturated rings. The summed E-state index contributed by atoms with van der Waals surface area (Å²) in [5, 5.41) is 0. The monoisotopic (exact) mass is 189 g/mol. The predicted octanol–water partition coefficient (Wildman–Crippen LogP) is 1.56. The summed E-state index contributed by atoms with van der Waals surface area (Å²) >= 11 is 0. The highest BCUT2D eigenvalue weighted by Gasteiger charge is 2.13. The molecule has 1 atom stereocenters. The number of hydrogen-bond acceptors (Lipinski definition) is 3. The van der Waals surface area contributed by atoms with E-state index in [0.29, 0.717) is 17.1 Å². The number of ketones is 1. The van der Waals surface area contributed by atoms with Crippen LogP contribution in [-0.2, 0) is 0 Å². The number of methoxy groups -OCH3 is 1. The maximum Gasteiger partial charge on any atom is 0.213 e. The fourth-order valence-corrected chi connectivity index (χ4v) is 1.16. The van der Waals surface area contributed by atoms with E-state index in [1.807, 2.05) is 0 Å². The molecule has 72 valence electrons. The molecule has 2 radical (unpaired) electrons. The van der Waals surface area contributed by atoms with Gasteiger partial charge in [-0.05, 0) is 18.8 Å². The summed E-state index contributed by atoms with van der Waals surface area (Å²) in [6.45, 7) is 3.42. The first-order valence-corrected chi connectivity index (χ1v) is 4.37. The van der Waals surface area contributed by atoms with E-state index < -0.39 is 5.82 Å². The molecule has 0 N–H and O–H groups in total. The molecule has 4 heteroatoms. The second-order valence-electron chi connectivity index (χ2n) is 3.14. The van der Waals surface area contributed by atoms with Crippen molar-refractivity contribution in [3.05, 3.63) is 23.4 Å². The second kappa shape index (κ2) is 4.27. The average molecular weight is 189 g/mol. The van der Waals surface area contributed by atoms with E-state index >= 15 is 0 Å². The van der Waals surface area contributed by atoms with E-state index in [9.17, 15) is 4.79 Å². The zero-order chi connectivity index (χ0) is 10.7. The highest BCUT2D eigenvalue weighted by molar-refractivity contribution is 6.27. The molecule has 0 aliphatic carbocycles. The molecule has 0 bridgehead atoms. The minimum atomic E-state index is -0.496. The third-order valence-electron chi connectivity index (χ3n) is 1.95. The number of aromatic nitrogens is 1. The Morgan fingerprint density at radius 2 is 2.21 bits per heavy atom. The molecule has 1 aromatic rings. The Morgan fingerprint density at radius 1 is 1.57 bits per heavy atom. The molecule has 1 unspecified atom stereocenters. The van der Waals surface area contributed by atoms with Crippen LogP contribution < -0.4 is 4.74 Å². The Kier molecular flexibility index (Phi) is 3.28. The molecule has 0 aromatic carbocycles. The number of carbonyl (C=O) groups is 1. The van der Waals surface area contributed by atoms with Crippen molar-refractivity contribution in [1.82, 2.24) is 4.98 Å². The largest absolute Gasteiger partial charge is 0.481 e. The Balaban J connectivity index is 3.06. The highest BCUT2D eigenvalue weighted by Crippen LogP contribution is 2.16. The highest BCUT2D eigenvalue weighted by atomic mass is 16.5. The van der Waals surface area contributed by atoms with E-state index in [4.69, 9.17) is 12.6 Å². The lowest BCUT2D eigenvalue weighted by Gasteiger charge is -2.08. The van der Waals surface area contributed by atoms with Gasteiger partial charge in [-0.2, -0.15) is 0 Å². The van der Waals surface area contributed by atoms with Crippen LogP contribution in [0.15, 0.2) is 12.1 Å².